The molecule has 5 heteroatoms. The first-order chi connectivity index (χ1) is 10.0. The predicted octanol–water partition coefficient (Wildman–Crippen LogP) is 3.14. The molecule has 4 N–H and O–H groups in total. The van der Waals surface area contributed by atoms with E-state index in [2.05, 4.69) is 10.3 Å². The number of para-hydroxylation sites is 1. The number of carbonyl (C=O) groups excluding carboxylic acids is 1. The fourth-order valence-electron chi connectivity index (χ4n) is 2.33. The quantitative estimate of drug-likeness (QED) is 0.646. The van der Waals surface area contributed by atoms with Crippen LogP contribution in [0.15, 0.2) is 40.8 Å². The van der Waals surface area contributed by atoms with Gasteiger partial charge in [0.05, 0.1) is 17.2 Å². The lowest BCUT2D eigenvalue weighted by Gasteiger charge is -2.10. The second-order valence-corrected chi connectivity index (χ2v) is 5.14. The topological polar surface area (TPSA) is 84.0 Å². The molecule has 1 atom stereocenters. The number of fused-ring (bicyclic) bond motifs is 1. The van der Waals surface area contributed by atoms with Gasteiger partial charge in [-0.05, 0) is 38.1 Å². The molecule has 2 heterocycles. The van der Waals surface area contributed by atoms with E-state index in [1.165, 1.54) is 0 Å². The molecule has 1 unspecified atom stereocenters. The minimum Gasteiger partial charge on any atom is -0.464 e. The molecule has 0 saturated heterocycles. The van der Waals surface area contributed by atoms with Gasteiger partial charge in [-0.3, -0.25) is 4.79 Å². The van der Waals surface area contributed by atoms with Gasteiger partial charge in [-0.25, -0.2) is 0 Å². The molecule has 1 aromatic carbocycles. The maximum Gasteiger partial charge on any atom is 0.268 e. The molecule has 2 aromatic heterocycles. The Balaban J connectivity index is 1.82. The molecule has 0 bridgehead atoms. The Morgan fingerprint density at radius 1 is 1.33 bits per heavy atom. The van der Waals surface area contributed by atoms with Crippen molar-refractivity contribution in [2.45, 2.75) is 19.9 Å². The van der Waals surface area contributed by atoms with Crippen molar-refractivity contribution in [1.29, 1.82) is 0 Å². The number of nitrogens with one attached hydrogen (secondary N) is 2. The number of aromatic nitrogens is 1. The Kier molecular flexibility index (Phi) is 3.17. The molecule has 3 aromatic rings. The number of nitrogen functional groups attached to an aromatic ring is 1. The third-order valence-corrected chi connectivity index (χ3v) is 3.47. The van der Waals surface area contributed by atoms with E-state index < -0.39 is 0 Å². The van der Waals surface area contributed by atoms with E-state index >= 15 is 0 Å². The Labute approximate surface area is 122 Å². The number of aromatic amines is 1. The molecular weight excluding hydrogens is 266 g/mol. The third-order valence-electron chi connectivity index (χ3n) is 3.47. The first-order valence-corrected chi connectivity index (χ1v) is 6.79. The highest BCUT2D eigenvalue weighted by atomic mass is 16.3. The molecule has 108 valence electrons. The molecule has 0 aliphatic heterocycles. The standard InChI is InChI=1S/C16H17N3O2/c1-9-6-7-14(21-9)10(2)18-16(20)13-8-11-4-3-5-12(17)15(11)19-13/h3-8,10,19H,17H2,1-2H3,(H,18,20). The molecule has 5 nitrogen and oxygen atoms in total. The fourth-order valence-corrected chi connectivity index (χ4v) is 2.33. The van der Waals surface area contributed by atoms with Gasteiger partial charge in [-0.1, -0.05) is 12.1 Å². The van der Waals surface area contributed by atoms with Crippen LogP contribution in [0.1, 0.15) is 35.0 Å². The van der Waals surface area contributed by atoms with Gasteiger partial charge in [0, 0.05) is 5.39 Å². The lowest BCUT2D eigenvalue weighted by molar-refractivity contribution is 0.0931. The first-order valence-electron chi connectivity index (χ1n) is 6.79. The number of benzene rings is 1. The van der Waals surface area contributed by atoms with Crippen molar-refractivity contribution in [3.63, 3.8) is 0 Å². The van der Waals surface area contributed by atoms with Crippen molar-refractivity contribution in [1.82, 2.24) is 10.3 Å². The van der Waals surface area contributed by atoms with Crippen LogP contribution in [0.5, 0.6) is 0 Å². The monoisotopic (exact) mass is 283 g/mol. The predicted molar refractivity (Wildman–Crippen MR) is 82.0 cm³/mol. The van der Waals surface area contributed by atoms with Gasteiger partial charge in [-0.2, -0.15) is 0 Å². The molecule has 0 saturated carbocycles. The minimum absolute atomic E-state index is 0.188. The van der Waals surface area contributed by atoms with Crippen LogP contribution in [-0.2, 0) is 0 Å². The molecule has 21 heavy (non-hydrogen) atoms. The Morgan fingerprint density at radius 2 is 2.14 bits per heavy atom. The number of furan rings is 1. The molecule has 0 spiro atoms. The number of carbonyl (C=O) groups is 1. The summed E-state index contributed by atoms with van der Waals surface area (Å²) < 4.78 is 5.52. The van der Waals surface area contributed by atoms with Crippen molar-refractivity contribution < 1.29 is 9.21 Å². The Bertz CT molecular complexity index is 801. The van der Waals surface area contributed by atoms with Gasteiger partial charge < -0.3 is 20.5 Å². The summed E-state index contributed by atoms with van der Waals surface area (Å²) in [5.41, 5.74) is 7.78. The smallest absolute Gasteiger partial charge is 0.268 e. The molecule has 0 aliphatic carbocycles. The van der Waals surface area contributed by atoms with E-state index in [4.69, 9.17) is 10.2 Å². The van der Waals surface area contributed by atoms with Crippen molar-refractivity contribution >= 4 is 22.5 Å². The number of nitrogens with two attached hydrogens (primary N) is 1. The zero-order valence-electron chi connectivity index (χ0n) is 11.9. The van der Waals surface area contributed by atoms with Crippen molar-refractivity contribution in [3.8, 4) is 0 Å². The van der Waals surface area contributed by atoms with Crippen LogP contribution < -0.4 is 11.1 Å². The van der Waals surface area contributed by atoms with Crippen LogP contribution in [0, 0.1) is 6.92 Å². The SMILES string of the molecule is Cc1ccc(C(C)NC(=O)c2cc3cccc(N)c3[nH]2)o1. The van der Waals surface area contributed by atoms with Crippen molar-refractivity contribution in [3.05, 3.63) is 53.6 Å². The van der Waals surface area contributed by atoms with E-state index in [1.54, 1.807) is 12.1 Å². The largest absolute Gasteiger partial charge is 0.464 e. The van der Waals surface area contributed by atoms with Gasteiger partial charge >= 0.3 is 0 Å². The number of rotatable bonds is 3. The summed E-state index contributed by atoms with van der Waals surface area (Å²) in [6, 6.07) is 10.9. The maximum absolute atomic E-state index is 12.3. The molecule has 0 fully saturated rings. The summed E-state index contributed by atoms with van der Waals surface area (Å²) in [6.45, 7) is 3.76. The fraction of sp³-hybridized carbons (Fsp3) is 0.188. The van der Waals surface area contributed by atoms with Crippen molar-refractivity contribution in [2.24, 2.45) is 0 Å². The number of amides is 1. The lowest BCUT2D eigenvalue weighted by atomic mass is 10.2. The highest BCUT2D eigenvalue weighted by molar-refractivity contribution is 6.00. The Morgan fingerprint density at radius 3 is 2.81 bits per heavy atom. The number of aryl methyl sites for hydroxylation is 1. The highest BCUT2D eigenvalue weighted by Crippen LogP contribution is 2.22. The second-order valence-electron chi connectivity index (χ2n) is 5.14. The van der Waals surface area contributed by atoms with E-state index in [1.807, 2.05) is 38.1 Å². The van der Waals surface area contributed by atoms with Crippen LogP contribution in [0.3, 0.4) is 0 Å². The third kappa shape index (κ3) is 2.50. The van der Waals surface area contributed by atoms with Crippen LogP contribution in [-0.4, -0.2) is 10.9 Å². The summed E-state index contributed by atoms with van der Waals surface area (Å²) in [5, 5.41) is 3.82. The number of H-pyrrole nitrogens is 1. The average Bonchev–Trinajstić information content (AvgIpc) is 3.05. The zero-order chi connectivity index (χ0) is 15.0. The maximum atomic E-state index is 12.3. The average molecular weight is 283 g/mol. The molecule has 3 rings (SSSR count). The van der Waals surface area contributed by atoms with Crippen LogP contribution in [0.25, 0.3) is 10.9 Å². The minimum atomic E-state index is -0.199. The number of anilines is 1. The zero-order valence-corrected chi connectivity index (χ0v) is 11.9. The molecular formula is C16H17N3O2. The van der Waals surface area contributed by atoms with Gasteiger partial charge in [0.25, 0.3) is 5.91 Å². The van der Waals surface area contributed by atoms with Gasteiger partial charge in [0.2, 0.25) is 0 Å². The number of hydrogen-bond donors (Lipinski definition) is 3. The lowest BCUT2D eigenvalue weighted by Crippen LogP contribution is -2.26. The number of hydrogen-bond acceptors (Lipinski definition) is 3. The van der Waals surface area contributed by atoms with Gasteiger partial charge in [0.1, 0.15) is 17.2 Å². The van der Waals surface area contributed by atoms with Crippen LogP contribution >= 0.6 is 0 Å². The Hall–Kier alpha value is -2.69. The summed E-state index contributed by atoms with van der Waals surface area (Å²) in [6.07, 6.45) is 0. The molecule has 0 radical (unpaired) electrons. The van der Waals surface area contributed by atoms with E-state index in [0.29, 0.717) is 11.4 Å². The summed E-state index contributed by atoms with van der Waals surface area (Å²) in [7, 11) is 0. The summed E-state index contributed by atoms with van der Waals surface area (Å²) in [4.78, 5) is 15.3. The van der Waals surface area contributed by atoms with E-state index in [-0.39, 0.29) is 11.9 Å². The normalized spacial score (nSPS) is 12.5. The highest BCUT2D eigenvalue weighted by Gasteiger charge is 2.16. The van der Waals surface area contributed by atoms with E-state index in [9.17, 15) is 4.79 Å². The van der Waals surface area contributed by atoms with E-state index in [0.717, 1.165) is 22.4 Å². The van der Waals surface area contributed by atoms with Gasteiger partial charge in [-0.15, -0.1) is 0 Å². The van der Waals surface area contributed by atoms with Gasteiger partial charge in [0.15, 0.2) is 0 Å². The van der Waals surface area contributed by atoms with Crippen LogP contribution in [0.2, 0.25) is 0 Å². The first kappa shape index (κ1) is 13.3. The van der Waals surface area contributed by atoms with Crippen molar-refractivity contribution in [2.75, 3.05) is 5.73 Å². The molecule has 1 amide bonds. The second kappa shape index (κ2) is 5.01. The van der Waals surface area contributed by atoms with Crippen LogP contribution in [0.4, 0.5) is 5.69 Å². The summed E-state index contributed by atoms with van der Waals surface area (Å²) >= 11 is 0. The molecule has 0 aliphatic rings. The summed E-state index contributed by atoms with van der Waals surface area (Å²) in [5.74, 6) is 1.37.